The summed E-state index contributed by atoms with van der Waals surface area (Å²) in [7, 11) is 1.25. The number of nitrogens with zero attached hydrogens (tertiary/aromatic N) is 1. The molecular formula is C31H39Cl3N4O4. The highest BCUT2D eigenvalue weighted by atomic mass is 35.5. The second-order valence-electron chi connectivity index (χ2n) is 10.3. The van der Waals surface area contributed by atoms with Gasteiger partial charge >= 0.3 is 5.97 Å². The van der Waals surface area contributed by atoms with Crippen LogP contribution in [0.4, 0.5) is 17.2 Å². The number of methoxy groups -OCH3 is 1. The van der Waals surface area contributed by atoms with Gasteiger partial charge in [0, 0.05) is 18.2 Å². The molecule has 228 valence electrons. The molecule has 2 aromatic carbocycles. The Kier molecular flexibility index (Phi) is 13.8. The number of anilines is 3. The highest BCUT2D eigenvalue weighted by Crippen LogP contribution is 2.31. The summed E-state index contributed by atoms with van der Waals surface area (Å²) in [6, 6.07) is 9.14. The van der Waals surface area contributed by atoms with Crippen LogP contribution in [0.1, 0.15) is 94.3 Å². The lowest BCUT2D eigenvalue weighted by Gasteiger charge is -2.12. The Morgan fingerprint density at radius 3 is 2.02 bits per heavy atom. The van der Waals surface area contributed by atoms with Crippen molar-refractivity contribution < 1.29 is 14.3 Å². The topological polar surface area (TPSA) is 105 Å². The van der Waals surface area contributed by atoms with E-state index in [1.165, 1.54) is 76.7 Å². The van der Waals surface area contributed by atoms with Crippen LogP contribution in [0.5, 0.6) is 0 Å². The van der Waals surface area contributed by atoms with Crippen molar-refractivity contribution in [3.05, 3.63) is 67.4 Å². The zero-order valence-corrected chi connectivity index (χ0v) is 26.4. The maximum Gasteiger partial charge on any atom is 0.337 e. The number of hydrogen-bond donors (Lipinski definition) is 3. The van der Waals surface area contributed by atoms with Crippen LogP contribution in [-0.4, -0.2) is 28.8 Å². The summed E-state index contributed by atoms with van der Waals surface area (Å²) in [5.41, 5.74) is 0.957. The third kappa shape index (κ3) is 10.1. The van der Waals surface area contributed by atoms with Gasteiger partial charge in [-0.25, -0.2) is 9.48 Å². The van der Waals surface area contributed by atoms with Gasteiger partial charge in [0.1, 0.15) is 11.5 Å². The second kappa shape index (κ2) is 17.2. The molecule has 1 aromatic heterocycles. The number of amides is 1. The maximum absolute atomic E-state index is 12.7. The van der Waals surface area contributed by atoms with Crippen LogP contribution in [0, 0.1) is 0 Å². The van der Waals surface area contributed by atoms with Gasteiger partial charge in [0.2, 0.25) is 5.91 Å². The summed E-state index contributed by atoms with van der Waals surface area (Å²) in [5, 5.41) is 9.45. The molecule has 0 saturated carbocycles. The minimum atomic E-state index is -0.605. The first kappa shape index (κ1) is 33.6. The predicted molar refractivity (Wildman–Crippen MR) is 172 cm³/mol. The van der Waals surface area contributed by atoms with Gasteiger partial charge in [0.05, 0.1) is 33.4 Å². The van der Waals surface area contributed by atoms with Gasteiger partial charge in [-0.05, 0) is 36.8 Å². The number of nitrogens with one attached hydrogen (secondary N) is 3. The fourth-order valence-corrected chi connectivity index (χ4v) is 5.48. The number of ether oxygens (including phenoxy) is 1. The molecule has 0 aliphatic rings. The van der Waals surface area contributed by atoms with Crippen molar-refractivity contribution >= 4 is 63.9 Å². The highest BCUT2D eigenvalue weighted by molar-refractivity contribution is 6.38. The number of unbranched alkanes of at least 4 members (excludes halogenated alkanes) is 10. The molecule has 0 fully saturated rings. The Bertz CT molecular complexity index is 1380. The normalized spacial score (nSPS) is 11.0. The lowest BCUT2D eigenvalue weighted by Crippen LogP contribution is -2.15. The molecule has 3 N–H and O–H groups in total. The van der Waals surface area contributed by atoms with Crippen LogP contribution < -0.4 is 16.2 Å². The summed E-state index contributed by atoms with van der Waals surface area (Å²) >= 11 is 19.1. The van der Waals surface area contributed by atoms with E-state index >= 15 is 0 Å². The van der Waals surface area contributed by atoms with Gasteiger partial charge < -0.3 is 15.4 Å². The van der Waals surface area contributed by atoms with E-state index < -0.39 is 11.5 Å². The van der Waals surface area contributed by atoms with Crippen molar-refractivity contribution in [3.63, 3.8) is 0 Å². The Morgan fingerprint density at radius 2 is 1.43 bits per heavy atom. The molecular weight excluding hydrogens is 599 g/mol. The van der Waals surface area contributed by atoms with Crippen molar-refractivity contribution in [3.8, 4) is 5.69 Å². The van der Waals surface area contributed by atoms with Crippen molar-refractivity contribution in [2.45, 2.75) is 84.0 Å². The highest BCUT2D eigenvalue weighted by Gasteiger charge is 2.18. The lowest BCUT2D eigenvalue weighted by molar-refractivity contribution is -0.116. The molecule has 1 amide bonds. The summed E-state index contributed by atoms with van der Waals surface area (Å²) in [6.07, 6.45) is 14.0. The van der Waals surface area contributed by atoms with E-state index in [-0.39, 0.29) is 27.2 Å². The molecule has 0 radical (unpaired) electrons. The van der Waals surface area contributed by atoms with E-state index in [0.29, 0.717) is 28.6 Å². The molecule has 1 heterocycles. The number of rotatable bonds is 17. The Labute approximate surface area is 262 Å². The first-order valence-electron chi connectivity index (χ1n) is 14.5. The molecule has 11 heteroatoms. The molecule has 3 rings (SSSR count). The molecule has 0 saturated heterocycles. The predicted octanol–water partition coefficient (Wildman–Crippen LogP) is 9.30. The third-order valence-corrected chi connectivity index (χ3v) is 7.81. The first-order valence-corrected chi connectivity index (χ1v) is 15.6. The summed E-state index contributed by atoms with van der Waals surface area (Å²) in [5.74, 6) is -0.346. The molecule has 42 heavy (non-hydrogen) atoms. The van der Waals surface area contributed by atoms with E-state index in [1.54, 1.807) is 18.2 Å². The summed E-state index contributed by atoms with van der Waals surface area (Å²) in [6.45, 7) is 2.24. The first-order chi connectivity index (χ1) is 20.2. The minimum Gasteiger partial charge on any atom is -0.465 e. The molecule has 0 atom stereocenters. The zero-order valence-electron chi connectivity index (χ0n) is 24.2. The number of aromatic amines is 1. The number of esters is 1. The Morgan fingerprint density at radius 1 is 0.833 bits per heavy atom. The molecule has 0 bridgehead atoms. The number of halogens is 3. The van der Waals surface area contributed by atoms with Crippen LogP contribution in [0.2, 0.25) is 15.1 Å². The van der Waals surface area contributed by atoms with Gasteiger partial charge in [0.25, 0.3) is 5.56 Å². The van der Waals surface area contributed by atoms with Gasteiger partial charge in [-0.2, -0.15) is 0 Å². The van der Waals surface area contributed by atoms with Crippen molar-refractivity contribution in [1.82, 2.24) is 9.78 Å². The fourth-order valence-electron chi connectivity index (χ4n) is 4.66. The number of H-pyrrole nitrogens is 1. The quantitative estimate of drug-likeness (QED) is 0.101. The zero-order chi connectivity index (χ0) is 30.5. The third-order valence-electron chi connectivity index (χ3n) is 6.91. The van der Waals surface area contributed by atoms with E-state index in [1.807, 2.05) is 0 Å². The van der Waals surface area contributed by atoms with Crippen LogP contribution >= 0.6 is 34.8 Å². The van der Waals surface area contributed by atoms with Crippen LogP contribution in [0.15, 0.2) is 41.2 Å². The van der Waals surface area contributed by atoms with Crippen LogP contribution in [-0.2, 0) is 9.53 Å². The number of hydrogen-bond acceptors (Lipinski definition) is 5. The number of benzene rings is 2. The lowest BCUT2D eigenvalue weighted by atomic mass is 10.1. The van der Waals surface area contributed by atoms with E-state index in [9.17, 15) is 14.4 Å². The molecule has 0 aliphatic carbocycles. The van der Waals surface area contributed by atoms with E-state index in [4.69, 9.17) is 39.5 Å². The average molecular weight is 638 g/mol. The van der Waals surface area contributed by atoms with Gasteiger partial charge in [-0.3, -0.25) is 14.7 Å². The fraction of sp³-hybridized carbons (Fsp3) is 0.452. The van der Waals surface area contributed by atoms with Gasteiger partial charge in [0.15, 0.2) is 0 Å². The smallest absolute Gasteiger partial charge is 0.337 e. The molecule has 0 spiro atoms. The van der Waals surface area contributed by atoms with Crippen LogP contribution in [0.25, 0.3) is 5.69 Å². The largest absolute Gasteiger partial charge is 0.465 e. The summed E-state index contributed by atoms with van der Waals surface area (Å²) < 4.78 is 5.86. The van der Waals surface area contributed by atoms with Crippen molar-refractivity contribution in [1.29, 1.82) is 0 Å². The molecule has 0 unspecified atom stereocenters. The minimum absolute atomic E-state index is 0.0570. The maximum atomic E-state index is 12.7. The second-order valence-corrected chi connectivity index (χ2v) is 11.5. The Hall–Kier alpha value is -2.94. The van der Waals surface area contributed by atoms with E-state index in [0.717, 1.165) is 23.9 Å². The SMILES string of the molecule is CCCCCCCCCCCCCC(=O)Nc1ccc(Cl)c(Nc2cc(=O)n(-c3c(Cl)cc(C(=O)OC)cc3Cl)[nH]2)c1. The average Bonchev–Trinajstić information content (AvgIpc) is 3.31. The van der Waals surface area contributed by atoms with Crippen molar-refractivity contribution in [2.75, 3.05) is 17.7 Å². The number of aromatic nitrogens is 2. The van der Waals surface area contributed by atoms with Crippen LogP contribution in [0.3, 0.4) is 0 Å². The van der Waals surface area contributed by atoms with E-state index in [2.05, 4.69) is 22.7 Å². The van der Waals surface area contributed by atoms with Gasteiger partial charge in [-0.15, -0.1) is 0 Å². The molecule has 3 aromatic rings. The van der Waals surface area contributed by atoms with Gasteiger partial charge in [-0.1, -0.05) is 106 Å². The number of carbonyl (C=O) groups excluding carboxylic acids is 2. The van der Waals surface area contributed by atoms with Crippen molar-refractivity contribution in [2.24, 2.45) is 0 Å². The Balaban J connectivity index is 1.52. The summed E-state index contributed by atoms with van der Waals surface area (Å²) in [4.78, 5) is 37.1. The monoisotopic (exact) mass is 636 g/mol. The standard InChI is InChI=1S/C31H39Cl3N4O4/c1-3-4-5-6-7-8-9-10-11-12-13-14-28(39)35-22-15-16-23(32)26(19-22)36-27-20-29(40)38(37-27)30-24(33)17-21(18-25(30)34)31(41)42-2/h15-20,36-37H,3-14H2,1-2H3,(H,35,39). The molecule has 0 aliphatic heterocycles. The number of carbonyl (C=O) groups is 2. The molecule has 8 nitrogen and oxygen atoms in total.